The summed E-state index contributed by atoms with van der Waals surface area (Å²) in [6.45, 7) is 3.79. The highest BCUT2D eigenvalue weighted by atomic mass is 32.2. The molecule has 28 heavy (non-hydrogen) atoms. The Morgan fingerprint density at radius 3 is 2.46 bits per heavy atom. The van der Waals surface area contributed by atoms with Crippen LogP contribution in [0.1, 0.15) is 32.6 Å². The number of primary amides is 1. The molecule has 2 saturated heterocycles. The van der Waals surface area contributed by atoms with Crippen LogP contribution in [-0.4, -0.2) is 49.7 Å². The number of hydrogen-bond acceptors (Lipinski definition) is 6. The minimum atomic E-state index is -3.77. The van der Waals surface area contributed by atoms with Gasteiger partial charge in [0.15, 0.2) is 0 Å². The van der Waals surface area contributed by atoms with Gasteiger partial charge in [0.05, 0.1) is 9.82 Å². The molecule has 1 amide bonds. The molecule has 1 aromatic rings. The molecule has 154 valence electrons. The highest BCUT2D eigenvalue weighted by Crippen LogP contribution is 2.34. The van der Waals surface area contributed by atoms with Crippen LogP contribution in [0.3, 0.4) is 0 Å². The van der Waals surface area contributed by atoms with Crippen molar-refractivity contribution in [1.82, 2.24) is 4.31 Å². The third-order valence-electron chi connectivity index (χ3n) is 5.64. The smallest absolute Gasteiger partial charge is 0.293 e. The number of nitrogens with two attached hydrogens (primary N) is 1. The van der Waals surface area contributed by atoms with Gasteiger partial charge in [0.25, 0.3) is 5.69 Å². The van der Waals surface area contributed by atoms with E-state index in [9.17, 15) is 23.3 Å². The van der Waals surface area contributed by atoms with E-state index in [4.69, 9.17) is 5.73 Å². The van der Waals surface area contributed by atoms with Crippen LogP contribution in [-0.2, 0) is 14.8 Å². The fourth-order valence-electron chi connectivity index (χ4n) is 4.00. The Balaban J connectivity index is 1.87. The van der Waals surface area contributed by atoms with Crippen LogP contribution in [0, 0.1) is 22.0 Å². The largest absolute Gasteiger partial charge is 0.369 e. The molecule has 0 saturated carbocycles. The van der Waals surface area contributed by atoms with Gasteiger partial charge in [-0.25, -0.2) is 8.42 Å². The summed E-state index contributed by atoms with van der Waals surface area (Å²) in [4.78, 5) is 24.2. The fourth-order valence-corrected chi connectivity index (χ4v) is 5.61. The summed E-state index contributed by atoms with van der Waals surface area (Å²) in [5.74, 6) is -0.313. The zero-order valence-electron chi connectivity index (χ0n) is 15.9. The van der Waals surface area contributed by atoms with E-state index in [2.05, 4.69) is 0 Å². The lowest BCUT2D eigenvalue weighted by atomic mass is 9.96. The van der Waals surface area contributed by atoms with Gasteiger partial charge < -0.3 is 10.6 Å². The van der Waals surface area contributed by atoms with Gasteiger partial charge in [-0.15, -0.1) is 0 Å². The van der Waals surface area contributed by atoms with Crippen molar-refractivity contribution in [2.75, 3.05) is 31.1 Å². The normalized spacial score (nSPS) is 22.2. The topological polar surface area (TPSA) is 127 Å². The van der Waals surface area contributed by atoms with Crippen molar-refractivity contribution >= 4 is 27.3 Å². The summed E-state index contributed by atoms with van der Waals surface area (Å²) in [7, 11) is -3.77. The van der Waals surface area contributed by atoms with Crippen molar-refractivity contribution in [2.45, 2.75) is 37.5 Å². The quantitative estimate of drug-likeness (QED) is 0.582. The minimum absolute atomic E-state index is 0.0518. The number of nitro groups is 1. The number of carbonyl (C=O) groups excluding carboxylic acids is 1. The van der Waals surface area contributed by atoms with Gasteiger partial charge in [0, 0.05) is 38.2 Å². The zero-order chi connectivity index (χ0) is 20.5. The maximum absolute atomic E-state index is 13.0. The molecule has 2 aliphatic rings. The van der Waals surface area contributed by atoms with Gasteiger partial charge in [-0.2, -0.15) is 4.31 Å². The molecule has 0 radical (unpaired) electrons. The second-order valence-electron chi connectivity index (χ2n) is 7.68. The highest BCUT2D eigenvalue weighted by molar-refractivity contribution is 7.89. The van der Waals surface area contributed by atoms with Crippen molar-refractivity contribution in [3.63, 3.8) is 0 Å². The number of benzene rings is 1. The number of carbonyl (C=O) groups is 1. The van der Waals surface area contributed by atoms with E-state index in [1.807, 2.05) is 11.8 Å². The van der Waals surface area contributed by atoms with E-state index < -0.39 is 14.9 Å². The molecule has 0 spiro atoms. The Morgan fingerprint density at radius 1 is 1.21 bits per heavy atom. The van der Waals surface area contributed by atoms with E-state index in [1.165, 1.54) is 16.4 Å². The van der Waals surface area contributed by atoms with Crippen molar-refractivity contribution in [1.29, 1.82) is 0 Å². The SMILES string of the molecule is CC1CCCN(S(=O)(=O)c2ccc(N3CCC(C(N)=O)CC3)c([N+](=O)[O-])c2)C1. The van der Waals surface area contributed by atoms with Crippen LogP contribution in [0.4, 0.5) is 11.4 Å². The zero-order valence-corrected chi connectivity index (χ0v) is 16.7. The van der Waals surface area contributed by atoms with Crippen molar-refractivity contribution in [3.05, 3.63) is 28.3 Å². The van der Waals surface area contributed by atoms with Gasteiger partial charge in [-0.1, -0.05) is 6.92 Å². The Hall–Kier alpha value is -2.20. The molecule has 1 atom stereocenters. The molecule has 2 fully saturated rings. The third kappa shape index (κ3) is 4.12. The van der Waals surface area contributed by atoms with E-state index in [-0.39, 0.29) is 28.3 Å². The monoisotopic (exact) mass is 410 g/mol. The first kappa shape index (κ1) is 20.5. The van der Waals surface area contributed by atoms with Crippen LogP contribution in [0.25, 0.3) is 0 Å². The first-order chi connectivity index (χ1) is 13.2. The summed E-state index contributed by atoms with van der Waals surface area (Å²) in [5.41, 5.74) is 5.48. The lowest BCUT2D eigenvalue weighted by Gasteiger charge is -2.32. The van der Waals surface area contributed by atoms with E-state index in [1.54, 1.807) is 0 Å². The average Bonchev–Trinajstić information content (AvgIpc) is 2.67. The van der Waals surface area contributed by atoms with Crippen LogP contribution < -0.4 is 10.6 Å². The molecular weight excluding hydrogens is 384 g/mol. The third-order valence-corrected chi connectivity index (χ3v) is 7.50. The molecule has 2 N–H and O–H groups in total. The lowest BCUT2D eigenvalue weighted by molar-refractivity contribution is -0.384. The van der Waals surface area contributed by atoms with E-state index in [0.717, 1.165) is 18.9 Å². The molecule has 0 aliphatic carbocycles. The molecule has 10 heteroatoms. The Bertz CT molecular complexity index is 865. The van der Waals surface area contributed by atoms with Gasteiger partial charge in [0.2, 0.25) is 15.9 Å². The van der Waals surface area contributed by atoms with Gasteiger partial charge in [-0.3, -0.25) is 14.9 Å². The number of anilines is 1. The van der Waals surface area contributed by atoms with Crippen LogP contribution in [0.15, 0.2) is 23.1 Å². The van der Waals surface area contributed by atoms with Gasteiger partial charge in [-0.05, 0) is 43.7 Å². The molecule has 2 heterocycles. The number of rotatable bonds is 5. The average molecular weight is 410 g/mol. The molecule has 9 nitrogen and oxygen atoms in total. The number of hydrogen-bond donors (Lipinski definition) is 1. The number of nitrogens with zero attached hydrogens (tertiary/aromatic N) is 3. The molecule has 2 aliphatic heterocycles. The predicted octanol–water partition coefficient (Wildman–Crippen LogP) is 1.72. The van der Waals surface area contributed by atoms with E-state index >= 15 is 0 Å². The summed E-state index contributed by atoms with van der Waals surface area (Å²) in [6, 6.07) is 4.10. The highest BCUT2D eigenvalue weighted by Gasteiger charge is 2.32. The first-order valence-corrected chi connectivity index (χ1v) is 11.0. The maximum Gasteiger partial charge on any atom is 0.293 e. The Labute approximate surface area is 164 Å². The van der Waals surface area contributed by atoms with E-state index in [0.29, 0.717) is 44.7 Å². The second-order valence-corrected chi connectivity index (χ2v) is 9.62. The second kappa shape index (κ2) is 8.04. The fraction of sp³-hybridized carbons (Fsp3) is 0.611. The van der Waals surface area contributed by atoms with Gasteiger partial charge >= 0.3 is 0 Å². The number of amides is 1. The lowest BCUT2D eigenvalue weighted by Crippen LogP contribution is -2.39. The molecule has 3 rings (SSSR count). The molecule has 0 bridgehead atoms. The molecular formula is C18H26N4O5S. The van der Waals surface area contributed by atoms with Crippen LogP contribution in [0.5, 0.6) is 0 Å². The maximum atomic E-state index is 13.0. The van der Waals surface area contributed by atoms with Crippen molar-refractivity contribution in [3.8, 4) is 0 Å². The number of nitro benzene ring substituents is 1. The standard InChI is InChI=1S/C18H26N4O5S/c1-13-3-2-8-21(12-13)28(26,27)15-4-5-16(17(11-15)22(24)25)20-9-6-14(7-10-20)18(19)23/h4-5,11,13-14H,2-3,6-10,12H2,1H3,(H2,19,23). The number of sulfonamides is 1. The Kier molecular flexibility index (Phi) is 5.90. The summed E-state index contributed by atoms with van der Waals surface area (Å²) in [5, 5.41) is 11.6. The van der Waals surface area contributed by atoms with Crippen LogP contribution >= 0.6 is 0 Å². The molecule has 1 aromatic carbocycles. The van der Waals surface area contributed by atoms with Gasteiger partial charge in [0.1, 0.15) is 5.69 Å². The summed E-state index contributed by atoms with van der Waals surface area (Å²) in [6.07, 6.45) is 2.82. The summed E-state index contributed by atoms with van der Waals surface area (Å²) < 4.78 is 27.3. The summed E-state index contributed by atoms with van der Waals surface area (Å²) >= 11 is 0. The molecule has 0 aromatic heterocycles. The van der Waals surface area contributed by atoms with Crippen molar-refractivity contribution in [2.24, 2.45) is 17.6 Å². The number of piperidine rings is 2. The predicted molar refractivity (Wildman–Crippen MR) is 104 cm³/mol. The Morgan fingerprint density at radius 2 is 1.89 bits per heavy atom. The first-order valence-electron chi connectivity index (χ1n) is 9.53. The van der Waals surface area contributed by atoms with Crippen LogP contribution in [0.2, 0.25) is 0 Å². The molecule has 1 unspecified atom stereocenters. The minimum Gasteiger partial charge on any atom is -0.369 e. The van der Waals surface area contributed by atoms with Crippen molar-refractivity contribution < 1.29 is 18.1 Å².